The van der Waals surface area contributed by atoms with Crippen LogP contribution in [-0.2, 0) is 0 Å². The SMILES string of the molecule is C[C@@H](O)CNc1cccc(Oc2ccccc2)c1. The van der Waals surface area contributed by atoms with Gasteiger partial charge in [0.1, 0.15) is 11.5 Å². The van der Waals surface area contributed by atoms with E-state index in [9.17, 15) is 5.11 Å². The van der Waals surface area contributed by atoms with Gasteiger partial charge >= 0.3 is 0 Å². The Morgan fingerprint density at radius 3 is 2.50 bits per heavy atom. The van der Waals surface area contributed by atoms with Crippen molar-refractivity contribution in [3.63, 3.8) is 0 Å². The summed E-state index contributed by atoms with van der Waals surface area (Å²) in [7, 11) is 0. The van der Waals surface area contributed by atoms with Crippen molar-refractivity contribution in [2.75, 3.05) is 11.9 Å². The molecule has 3 heteroatoms. The highest BCUT2D eigenvalue weighted by atomic mass is 16.5. The number of ether oxygens (including phenoxy) is 1. The lowest BCUT2D eigenvalue weighted by Crippen LogP contribution is -2.15. The number of benzene rings is 2. The molecule has 18 heavy (non-hydrogen) atoms. The maximum absolute atomic E-state index is 9.22. The first-order valence-electron chi connectivity index (χ1n) is 5.99. The first kappa shape index (κ1) is 12.5. The van der Waals surface area contributed by atoms with Gasteiger partial charge in [-0.15, -0.1) is 0 Å². The highest BCUT2D eigenvalue weighted by Gasteiger charge is 2.00. The molecule has 2 aromatic rings. The molecule has 2 N–H and O–H groups in total. The summed E-state index contributed by atoms with van der Waals surface area (Å²) >= 11 is 0. The van der Waals surface area contributed by atoms with E-state index in [1.165, 1.54) is 0 Å². The third kappa shape index (κ3) is 3.79. The maximum Gasteiger partial charge on any atom is 0.129 e. The zero-order chi connectivity index (χ0) is 12.8. The predicted molar refractivity (Wildman–Crippen MR) is 73.1 cm³/mol. The molecule has 0 bridgehead atoms. The minimum Gasteiger partial charge on any atom is -0.457 e. The number of para-hydroxylation sites is 1. The van der Waals surface area contributed by atoms with Gasteiger partial charge in [-0.2, -0.15) is 0 Å². The van der Waals surface area contributed by atoms with Crippen molar-refractivity contribution < 1.29 is 9.84 Å². The molecule has 0 unspecified atom stereocenters. The predicted octanol–water partition coefficient (Wildman–Crippen LogP) is 3.27. The lowest BCUT2D eigenvalue weighted by atomic mass is 10.3. The van der Waals surface area contributed by atoms with Gasteiger partial charge in [-0.1, -0.05) is 24.3 Å². The molecular formula is C15H17NO2. The number of hydrogen-bond donors (Lipinski definition) is 2. The molecule has 0 aliphatic carbocycles. The quantitative estimate of drug-likeness (QED) is 0.846. The Kier molecular flexibility index (Phi) is 4.20. The molecule has 0 heterocycles. The lowest BCUT2D eigenvalue weighted by molar-refractivity contribution is 0.208. The molecule has 2 rings (SSSR count). The topological polar surface area (TPSA) is 41.5 Å². The van der Waals surface area contributed by atoms with Crippen molar-refractivity contribution in [1.29, 1.82) is 0 Å². The second-order valence-corrected chi connectivity index (χ2v) is 4.17. The lowest BCUT2D eigenvalue weighted by Gasteiger charge is -2.10. The second-order valence-electron chi connectivity index (χ2n) is 4.17. The molecule has 2 aromatic carbocycles. The van der Waals surface area contributed by atoms with Gasteiger partial charge in [0.2, 0.25) is 0 Å². The monoisotopic (exact) mass is 243 g/mol. The fourth-order valence-corrected chi connectivity index (χ4v) is 1.56. The normalized spacial score (nSPS) is 11.9. The molecule has 0 aliphatic rings. The molecule has 0 aliphatic heterocycles. The van der Waals surface area contributed by atoms with Crippen LogP contribution in [-0.4, -0.2) is 17.8 Å². The largest absolute Gasteiger partial charge is 0.457 e. The smallest absolute Gasteiger partial charge is 0.129 e. The van der Waals surface area contributed by atoms with E-state index >= 15 is 0 Å². The van der Waals surface area contributed by atoms with Crippen LogP contribution in [0.1, 0.15) is 6.92 Å². The van der Waals surface area contributed by atoms with Gasteiger partial charge in [0, 0.05) is 18.3 Å². The fraction of sp³-hybridized carbons (Fsp3) is 0.200. The highest BCUT2D eigenvalue weighted by Crippen LogP contribution is 2.23. The van der Waals surface area contributed by atoms with Crippen LogP contribution in [0.2, 0.25) is 0 Å². The summed E-state index contributed by atoms with van der Waals surface area (Å²) < 4.78 is 5.72. The van der Waals surface area contributed by atoms with Crippen LogP contribution in [0.4, 0.5) is 5.69 Å². The summed E-state index contributed by atoms with van der Waals surface area (Å²) in [6.45, 7) is 2.27. The Morgan fingerprint density at radius 1 is 1.06 bits per heavy atom. The number of anilines is 1. The molecule has 1 atom stereocenters. The van der Waals surface area contributed by atoms with Crippen molar-refractivity contribution in [1.82, 2.24) is 0 Å². The van der Waals surface area contributed by atoms with E-state index in [4.69, 9.17) is 4.74 Å². The number of hydrogen-bond acceptors (Lipinski definition) is 3. The molecule has 0 saturated carbocycles. The van der Waals surface area contributed by atoms with Crippen molar-refractivity contribution in [2.24, 2.45) is 0 Å². The van der Waals surface area contributed by atoms with E-state index < -0.39 is 0 Å². The number of aliphatic hydroxyl groups excluding tert-OH is 1. The van der Waals surface area contributed by atoms with Gasteiger partial charge in [0.15, 0.2) is 0 Å². The molecule has 0 fully saturated rings. The molecule has 0 spiro atoms. The van der Waals surface area contributed by atoms with Crippen LogP contribution in [0.15, 0.2) is 54.6 Å². The van der Waals surface area contributed by atoms with Crippen molar-refractivity contribution in [3.8, 4) is 11.5 Å². The van der Waals surface area contributed by atoms with Crippen LogP contribution in [0, 0.1) is 0 Å². The summed E-state index contributed by atoms with van der Waals surface area (Å²) in [5.41, 5.74) is 0.935. The Morgan fingerprint density at radius 2 is 1.78 bits per heavy atom. The van der Waals surface area contributed by atoms with E-state index in [1.54, 1.807) is 6.92 Å². The van der Waals surface area contributed by atoms with Crippen molar-refractivity contribution in [3.05, 3.63) is 54.6 Å². The Labute approximate surface area is 107 Å². The van der Waals surface area contributed by atoms with E-state index in [2.05, 4.69) is 5.32 Å². The number of rotatable bonds is 5. The Hall–Kier alpha value is -2.00. The van der Waals surface area contributed by atoms with Gasteiger partial charge in [-0.3, -0.25) is 0 Å². The van der Waals surface area contributed by atoms with Crippen LogP contribution in [0.3, 0.4) is 0 Å². The van der Waals surface area contributed by atoms with Gasteiger partial charge in [0.25, 0.3) is 0 Å². The average molecular weight is 243 g/mol. The third-order valence-corrected chi connectivity index (χ3v) is 2.41. The van der Waals surface area contributed by atoms with Gasteiger partial charge < -0.3 is 15.2 Å². The first-order valence-corrected chi connectivity index (χ1v) is 5.99. The summed E-state index contributed by atoms with van der Waals surface area (Å²) in [5.74, 6) is 1.59. The Bertz CT molecular complexity index is 483. The summed E-state index contributed by atoms with van der Waals surface area (Å²) in [4.78, 5) is 0. The zero-order valence-electron chi connectivity index (χ0n) is 10.3. The van der Waals surface area contributed by atoms with Crippen molar-refractivity contribution >= 4 is 5.69 Å². The van der Waals surface area contributed by atoms with E-state index in [-0.39, 0.29) is 6.10 Å². The van der Waals surface area contributed by atoms with Crippen LogP contribution < -0.4 is 10.1 Å². The summed E-state index contributed by atoms with van der Waals surface area (Å²) in [6, 6.07) is 17.3. The third-order valence-electron chi connectivity index (χ3n) is 2.41. The minimum absolute atomic E-state index is 0.372. The maximum atomic E-state index is 9.22. The fourth-order valence-electron chi connectivity index (χ4n) is 1.56. The van der Waals surface area contributed by atoms with Crippen molar-refractivity contribution in [2.45, 2.75) is 13.0 Å². The van der Waals surface area contributed by atoms with E-state index in [0.717, 1.165) is 17.2 Å². The number of nitrogens with one attached hydrogen (secondary N) is 1. The van der Waals surface area contributed by atoms with Crippen LogP contribution in [0.5, 0.6) is 11.5 Å². The molecule has 0 aromatic heterocycles. The average Bonchev–Trinajstić information content (AvgIpc) is 2.38. The first-order chi connectivity index (χ1) is 8.74. The van der Waals surface area contributed by atoms with E-state index in [1.807, 2.05) is 54.6 Å². The van der Waals surface area contributed by atoms with Crippen LogP contribution in [0.25, 0.3) is 0 Å². The molecule has 0 amide bonds. The Balaban J connectivity index is 2.03. The van der Waals surface area contributed by atoms with Gasteiger partial charge in [-0.25, -0.2) is 0 Å². The summed E-state index contributed by atoms with van der Waals surface area (Å²) in [5, 5.41) is 12.4. The minimum atomic E-state index is -0.372. The van der Waals surface area contributed by atoms with E-state index in [0.29, 0.717) is 6.54 Å². The molecular weight excluding hydrogens is 226 g/mol. The molecule has 94 valence electrons. The van der Waals surface area contributed by atoms with Gasteiger partial charge in [0.05, 0.1) is 6.10 Å². The van der Waals surface area contributed by atoms with Crippen LogP contribution >= 0.6 is 0 Å². The zero-order valence-corrected chi connectivity index (χ0v) is 10.3. The highest BCUT2D eigenvalue weighted by molar-refractivity contribution is 5.49. The van der Waals surface area contributed by atoms with Gasteiger partial charge in [-0.05, 0) is 31.2 Å². The molecule has 3 nitrogen and oxygen atoms in total. The summed E-state index contributed by atoms with van der Waals surface area (Å²) in [6.07, 6.45) is -0.372. The molecule has 0 radical (unpaired) electrons. The number of aliphatic hydroxyl groups is 1. The molecule has 0 saturated heterocycles. The second kappa shape index (κ2) is 6.07. The standard InChI is InChI=1S/C15H17NO2/c1-12(17)11-16-13-6-5-9-15(10-13)18-14-7-3-2-4-8-14/h2-10,12,16-17H,11H2,1H3/t12-/m1/s1.